The molecule has 1 aromatic carbocycles. The van der Waals surface area contributed by atoms with Crippen molar-refractivity contribution in [3.63, 3.8) is 0 Å². The third kappa shape index (κ3) is 2.93. The Labute approximate surface area is 121 Å². The fourth-order valence-corrected chi connectivity index (χ4v) is 3.94. The van der Waals surface area contributed by atoms with E-state index in [-0.39, 0.29) is 29.0 Å². The third-order valence-corrected chi connectivity index (χ3v) is 5.21. The van der Waals surface area contributed by atoms with Crippen molar-refractivity contribution in [3.05, 3.63) is 33.3 Å². The van der Waals surface area contributed by atoms with E-state index < -0.39 is 20.6 Å². The molecule has 1 heterocycles. The van der Waals surface area contributed by atoms with Crippen LogP contribution < -0.4 is 5.32 Å². The van der Waals surface area contributed by atoms with E-state index in [9.17, 15) is 18.5 Å². The minimum absolute atomic E-state index is 0.00452. The fourth-order valence-electron chi connectivity index (χ4n) is 2.11. The molecule has 1 aliphatic rings. The minimum Gasteiger partial charge on any atom is -0.312 e. The van der Waals surface area contributed by atoms with Crippen molar-refractivity contribution in [1.82, 2.24) is 9.62 Å². The molecule has 20 heavy (non-hydrogen) atoms. The number of benzene rings is 1. The van der Waals surface area contributed by atoms with Crippen LogP contribution in [0.3, 0.4) is 0 Å². The fraction of sp³-hybridized carbons (Fsp3) is 0.455. The maximum Gasteiger partial charge on any atom is 0.290 e. The second-order valence-corrected chi connectivity index (χ2v) is 6.93. The summed E-state index contributed by atoms with van der Waals surface area (Å²) in [7, 11) is -3.89. The first kappa shape index (κ1) is 15.2. The number of nitrogens with zero attached hydrogens (tertiary/aromatic N) is 2. The zero-order valence-corrected chi connectivity index (χ0v) is 12.3. The molecule has 7 nitrogen and oxygen atoms in total. The topological polar surface area (TPSA) is 92.5 Å². The average molecular weight is 320 g/mol. The number of nitro groups is 1. The zero-order valence-electron chi connectivity index (χ0n) is 10.7. The van der Waals surface area contributed by atoms with E-state index in [0.29, 0.717) is 6.54 Å². The van der Waals surface area contributed by atoms with E-state index in [0.717, 1.165) is 6.07 Å². The van der Waals surface area contributed by atoms with Gasteiger partial charge in [0.1, 0.15) is 0 Å². The van der Waals surface area contributed by atoms with E-state index in [1.807, 2.05) is 6.92 Å². The van der Waals surface area contributed by atoms with Crippen LogP contribution in [-0.2, 0) is 10.0 Å². The molecule has 0 saturated carbocycles. The van der Waals surface area contributed by atoms with Gasteiger partial charge in [0.2, 0.25) is 10.0 Å². The van der Waals surface area contributed by atoms with Gasteiger partial charge in [0.25, 0.3) is 5.69 Å². The van der Waals surface area contributed by atoms with Crippen LogP contribution in [0.25, 0.3) is 0 Å². The predicted molar refractivity (Wildman–Crippen MR) is 74.3 cm³/mol. The molecule has 1 atom stereocenters. The van der Waals surface area contributed by atoms with E-state index in [1.165, 1.54) is 16.4 Å². The van der Waals surface area contributed by atoms with Crippen LogP contribution in [0.15, 0.2) is 23.1 Å². The molecule has 0 spiro atoms. The number of piperazine rings is 1. The Balaban J connectivity index is 2.46. The van der Waals surface area contributed by atoms with Crippen molar-refractivity contribution in [2.75, 3.05) is 19.6 Å². The Kier molecular flexibility index (Phi) is 4.28. The van der Waals surface area contributed by atoms with Gasteiger partial charge in [-0.3, -0.25) is 10.1 Å². The molecule has 1 aromatic rings. The van der Waals surface area contributed by atoms with Crippen molar-refractivity contribution in [3.8, 4) is 0 Å². The van der Waals surface area contributed by atoms with E-state index in [2.05, 4.69) is 5.32 Å². The number of sulfonamides is 1. The molecule has 1 fully saturated rings. The van der Waals surface area contributed by atoms with Gasteiger partial charge in [-0.2, -0.15) is 4.31 Å². The number of nitrogens with one attached hydrogen (secondary N) is 1. The number of rotatable bonds is 3. The molecule has 0 unspecified atom stereocenters. The number of halogens is 1. The first-order valence-corrected chi connectivity index (χ1v) is 7.81. The lowest BCUT2D eigenvalue weighted by molar-refractivity contribution is -0.387. The lowest BCUT2D eigenvalue weighted by Gasteiger charge is -2.30. The van der Waals surface area contributed by atoms with Gasteiger partial charge < -0.3 is 5.32 Å². The van der Waals surface area contributed by atoms with Gasteiger partial charge in [-0.25, -0.2) is 8.42 Å². The normalized spacial score (nSPS) is 20.8. The third-order valence-electron chi connectivity index (χ3n) is 3.07. The SMILES string of the molecule is C[C@H]1CN(S(=O)(=O)c2ccc(Cl)cc2[N+](=O)[O-])CCN1. The summed E-state index contributed by atoms with van der Waals surface area (Å²) in [6.07, 6.45) is 0. The zero-order chi connectivity index (χ0) is 14.9. The van der Waals surface area contributed by atoms with Crippen molar-refractivity contribution < 1.29 is 13.3 Å². The molecule has 110 valence electrons. The van der Waals surface area contributed by atoms with Crippen molar-refractivity contribution >= 4 is 27.3 Å². The lowest BCUT2D eigenvalue weighted by Crippen LogP contribution is -2.51. The smallest absolute Gasteiger partial charge is 0.290 e. The summed E-state index contributed by atoms with van der Waals surface area (Å²) in [4.78, 5) is 9.97. The van der Waals surface area contributed by atoms with E-state index in [1.54, 1.807) is 0 Å². The van der Waals surface area contributed by atoms with Gasteiger partial charge in [-0.05, 0) is 19.1 Å². The molecular formula is C11H14ClN3O4S. The largest absolute Gasteiger partial charge is 0.312 e. The highest BCUT2D eigenvalue weighted by atomic mass is 35.5. The number of hydrogen-bond acceptors (Lipinski definition) is 5. The summed E-state index contributed by atoms with van der Waals surface area (Å²) in [5.74, 6) is 0. The average Bonchev–Trinajstić information content (AvgIpc) is 2.38. The first-order chi connectivity index (χ1) is 9.32. The maximum absolute atomic E-state index is 12.5. The van der Waals surface area contributed by atoms with Gasteiger partial charge in [0.15, 0.2) is 4.90 Å². The second-order valence-electron chi connectivity index (χ2n) is 4.59. The Morgan fingerprint density at radius 2 is 2.20 bits per heavy atom. The molecule has 1 aliphatic heterocycles. The summed E-state index contributed by atoms with van der Waals surface area (Å²) in [6.45, 7) is 2.94. The Hall–Kier alpha value is -1.22. The van der Waals surface area contributed by atoms with E-state index in [4.69, 9.17) is 11.6 Å². The molecule has 0 radical (unpaired) electrons. The van der Waals surface area contributed by atoms with Crippen LogP contribution in [0.2, 0.25) is 5.02 Å². The maximum atomic E-state index is 12.5. The van der Waals surface area contributed by atoms with Crippen LogP contribution in [0.5, 0.6) is 0 Å². The molecular weight excluding hydrogens is 306 g/mol. The van der Waals surface area contributed by atoms with Crippen molar-refractivity contribution in [1.29, 1.82) is 0 Å². The molecule has 0 aromatic heterocycles. The Bertz CT molecular complexity index is 635. The van der Waals surface area contributed by atoms with Gasteiger partial charge in [0, 0.05) is 36.8 Å². The Morgan fingerprint density at radius 1 is 1.50 bits per heavy atom. The summed E-state index contributed by atoms with van der Waals surface area (Å²) in [5.41, 5.74) is -0.497. The summed E-state index contributed by atoms with van der Waals surface area (Å²) >= 11 is 5.70. The monoisotopic (exact) mass is 319 g/mol. The molecule has 2 rings (SSSR count). The quantitative estimate of drug-likeness (QED) is 0.668. The van der Waals surface area contributed by atoms with Crippen LogP contribution >= 0.6 is 11.6 Å². The lowest BCUT2D eigenvalue weighted by atomic mass is 10.3. The van der Waals surface area contributed by atoms with Crippen LogP contribution in [0.4, 0.5) is 5.69 Å². The molecule has 9 heteroatoms. The van der Waals surface area contributed by atoms with Crippen LogP contribution in [0.1, 0.15) is 6.92 Å². The Morgan fingerprint density at radius 3 is 2.80 bits per heavy atom. The minimum atomic E-state index is -3.89. The van der Waals surface area contributed by atoms with Crippen molar-refractivity contribution in [2.24, 2.45) is 0 Å². The molecule has 0 bridgehead atoms. The highest BCUT2D eigenvalue weighted by Crippen LogP contribution is 2.29. The first-order valence-electron chi connectivity index (χ1n) is 6.00. The predicted octanol–water partition coefficient (Wildman–Crippen LogP) is 1.23. The standard InChI is InChI=1S/C11H14ClN3O4S/c1-8-7-14(5-4-13-8)20(18,19)11-3-2-9(12)6-10(11)15(16)17/h2-3,6,8,13H,4-5,7H2,1H3/t8-/m0/s1. The highest BCUT2D eigenvalue weighted by Gasteiger charge is 2.33. The molecule has 1 N–H and O–H groups in total. The highest BCUT2D eigenvalue weighted by molar-refractivity contribution is 7.89. The summed E-state index contributed by atoms with van der Waals surface area (Å²) < 4.78 is 26.3. The number of nitro benzene ring substituents is 1. The van der Waals surface area contributed by atoms with Gasteiger partial charge >= 0.3 is 0 Å². The van der Waals surface area contributed by atoms with Crippen molar-refractivity contribution in [2.45, 2.75) is 17.9 Å². The summed E-state index contributed by atoms with van der Waals surface area (Å²) in [6, 6.07) is 3.58. The van der Waals surface area contributed by atoms with Crippen LogP contribution in [-0.4, -0.2) is 43.3 Å². The van der Waals surface area contributed by atoms with Gasteiger partial charge in [0.05, 0.1) is 4.92 Å². The summed E-state index contributed by atoms with van der Waals surface area (Å²) in [5, 5.41) is 14.3. The molecule has 0 amide bonds. The van der Waals surface area contributed by atoms with E-state index >= 15 is 0 Å². The second kappa shape index (κ2) is 5.65. The molecule has 1 saturated heterocycles. The van der Waals surface area contributed by atoms with Gasteiger partial charge in [-0.15, -0.1) is 0 Å². The van der Waals surface area contributed by atoms with Gasteiger partial charge in [-0.1, -0.05) is 11.6 Å². The molecule has 0 aliphatic carbocycles. The number of hydrogen-bond donors (Lipinski definition) is 1. The van der Waals surface area contributed by atoms with Crippen LogP contribution in [0, 0.1) is 10.1 Å².